The summed E-state index contributed by atoms with van der Waals surface area (Å²) in [7, 11) is 0. The first-order valence-electron chi connectivity index (χ1n) is 2.43. The molecule has 1 nitrogen and oxygen atoms in total. The standard InChI is InChI=1S/C6H4FNS/c7-5-2-4-9-6(5)1-3-8/h2,4H,1H2. The summed E-state index contributed by atoms with van der Waals surface area (Å²) < 4.78 is 12.4. The quantitative estimate of drug-likeness (QED) is 0.586. The highest BCUT2D eigenvalue weighted by molar-refractivity contribution is 7.09. The van der Waals surface area contributed by atoms with Crippen molar-refractivity contribution in [2.24, 2.45) is 0 Å². The van der Waals surface area contributed by atoms with E-state index in [9.17, 15) is 4.39 Å². The molecule has 9 heavy (non-hydrogen) atoms. The maximum absolute atomic E-state index is 12.4. The smallest absolute Gasteiger partial charge is 0.138 e. The van der Waals surface area contributed by atoms with Crippen molar-refractivity contribution in [3.63, 3.8) is 0 Å². The number of halogens is 1. The average molecular weight is 141 g/mol. The predicted molar refractivity (Wildman–Crippen MR) is 33.6 cm³/mol. The molecule has 0 spiro atoms. The minimum absolute atomic E-state index is 0.184. The molecular formula is C6H4FNS. The van der Waals surface area contributed by atoms with Gasteiger partial charge in [0.1, 0.15) is 5.82 Å². The summed E-state index contributed by atoms with van der Waals surface area (Å²) in [6, 6.07) is 3.25. The molecule has 0 aliphatic carbocycles. The van der Waals surface area contributed by atoms with Gasteiger partial charge in [-0.2, -0.15) is 5.26 Å². The van der Waals surface area contributed by atoms with E-state index >= 15 is 0 Å². The zero-order valence-corrected chi connectivity index (χ0v) is 5.41. The predicted octanol–water partition coefficient (Wildman–Crippen LogP) is 1.95. The van der Waals surface area contributed by atoms with Crippen LogP contribution in [0.3, 0.4) is 0 Å². The lowest BCUT2D eigenvalue weighted by Gasteiger charge is -1.82. The minimum Gasteiger partial charge on any atom is -0.206 e. The molecule has 1 heterocycles. The van der Waals surface area contributed by atoms with Gasteiger partial charge in [0.15, 0.2) is 0 Å². The Morgan fingerprint density at radius 3 is 3.00 bits per heavy atom. The highest BCUT2D eigenvalue weighted by Gasteiger charge is 1.99. The van der Waals surface area contributed by atoms with E-state index in [-0.39, 0.29) is 12.2 Å². The molecule has 0 aromatic carbocycles. The van der Waals surface area contributed by atoms with Gasteiger partial charge in [0.05, 0.1) is 17.4 Å². The normalized spacial score (nSPS) is 8.89. The van der Waals surface area contributed by atoms with Crippen molar-refractivity contribution >= 4 is 11.3 Å². The van der Waals surface area contributed by atoms with E-state index in [0.717, 1.165) is 0 Å². The fourth-order valence-electron chi connectivity index (χ4n) is 0.523. The maximum Gasteiger partial charge on any atom is 0.138 e. The van der Waals surface area contributed by atoms with Gasteiger partial charge in [0, 0.05) is 0 Å². The van der Waals surface area contributed by atoms with Crippen LogP contribution >= 0.6 is 11.3 Å². The van der Waals surface area contributed by atoms with E-state index in [1.807, 2.05) is 6.07 Å². The van der Waals surface area contributed by atoms with Gasteiger partial charge in [-0.05, 0) is 11.4 Å². The average Bonchev–Trinajstić information content (AvgIpc) is 2.18. The van der Waals surface area contributed by atoms with Gasteiger partial charge >= 0.3 is 0 Å². The Kier molecular flexibility index (Phi) is 1.81. The summed E-state index contributed by atoms with van der Waals surface area (Å²) >= 11 is 1.28. The number of nitriles is 1. The van der Waals surface area contributed by atoms with E-state index in [1.54, 1.807) is 5.38 Å². The molecule has 0 saturated carbocycles. The summed E-state index contributed by atoms with van der Waals surface area (Å²) in [6.45, 7) is 0. The molecule has 0 aliphatic heterocycles. The number of rotatable bonds is 1. The molecule has 0 amide bonds. The molecule has 46 valence electrons. The molecule has 0 radical (unpaired) electrons. The van der Waals surface area contributed by atoms with Gasteiger partial charge in [-0.25, -0.2) is 4.39 Å². The van der Waals surface area contributed by atoms with Crippen LogP contribution in [0, 0.1) is 17.1 Å². The largest absolute Gasteiger partial charge is 0.206 e. The van der Waals surface area contributed by atoms with Crippen molar-refractivity contribution in [3.8, 4) is 6.07 Å². The Labute approximate surface area is 56.4 Å². The first-order valence-corrected chi connectivity index (χ1v) is 3.31. The highest BCUT2D eigenvalue weighted by Crippen LogP contribution is 2.14. The molecule has 1 aromatic rings. The molecule has 0 aliphatic rings. The first kappa shape index (κ1) is 6.24. The van der Waals surface area contributed by atoms with Gasteiger partial charge in [-0.3, -0.25) is 0 Å². The molecule has 0 atom stereocenters. The third-order valence-corrected chi connectivity index (χ3v) is 1.83. The van der Waals surface area contributed by atoms with Crippen molar-refractivity contribution < 1.29 is 4.39 Å². The van der Waals surface area contributed by atoms with Gasteiger partial charge in [0.25, 0.3) is 0 Å². The molecule has 0 saturated heterocycles. The van der Waals surface area contributed by atoms with Crippen LogP contribution in [0.1, 0.15) is 4.88 Å². The Bertz CT molecular complexity index is 235. The van der Waals surface area contributed by atoms with Crippen molar-refractivity contribution in [1.29, 1.82) is 5.26 Å². The van der Waals surface area contributed by atoms with Gasteiger partial charge < -0.3 is 0 Å². The number of hydrogen-bond acceptors (Lipinski definition) is 2. The Morgan fingerprint density at radius 2 is 2.56 bits per heavy atom. The maximum atomic E-state index is 12.4. The minimum atomic E-state index is -0.262. The SMILES string of the molecule is N#CCc1sccc1F. The molecule has 3 heteroatoms. The summed E-state index contributed by atoms with van der Waals surface area (Å²) in [6.07, 6.45) is 0.184. The zero-order chi connectivity index (χ0) is 6.69. The van der Waals surface area contributed by atoms with Crippen LogP contribution < -0.4 is 0 Å². The van der Waals surface area contributed by atoms with E-state index in [4.69, 9.17) is 5.26 Å². The van der Waals surface area contributed by atoms with E-state index in [2.05, 4.69) is 0 Å². The van der Waals surface area contributed by atoms with Crippen molar-refractivity contribution in [2.75, 3.05) is 0 Å². The van der Waals surface area contributed by atoms with Crippen molar-refractivity contribution in [1.82, 2.24) is 0 Å². The van der Waals surface area contributed by atoms with Gasteiger partial charge in [-0.1, -0.05) is 0 Å². The van der Waals surface area contributed by atoms with Crippen LogP contribution in [-0.4, -0.2) is 0 Å². The zero-order valence-electron chi connectivity index (χ0n) is 4.60. The number of nitrogens with zero attached hydrogens (tertiary/aromatic N) is 1. The highest BCUT2D eigenvalue weighted by atomic mass is 32.1. The lowest BCUT2D eigenvalue weighted by atomic mass is 10.4. The van der Waals surface area contributed by atoms with E-state index in [1.165, 1.54) is 17.4 Å². The summed E-state index contributed by atoms with van der Waals surface area (Å²) in [5.41, 5.74) is 0. The molecule has 1 rings (SSSR count). The van der Waals surface area contributed by atoms with Gasteiger partial charge in [0.2, 0.25) is 0 Å². The van der Waals surface area contributed by atoms with E-state index < -0.39 is 0 Å². The molecule has 0 bridgehead atoms. The second kappa shape index (κ2) is 2.60. The fourth-order valence-corrected chi connectivity index (χ4v) is 1.20. The Morgan fingerprint density at radius 1 is 1.78 bits per heavy atom. The number of thiophene rings is 1. The van der Waals surface area contributed by atoms with Crippen LogP contribution in [0.2, 0.25) is 0 Å². The van der Waals surface area contributed by atoms with E-state index in [0.29, 0.717) is 4.88 Å². The first-order chi connectivity index (χ1) is 4.34. The lowest BCUT2D eigenvalue weighted by molar-refractivity contribution is 0.623. The molecule has 0 N–H and O–H groups in total. The summed E-state index contributed by atoms with van der Waals surface area (Å²) in [4.78, 5) is 0.525. The fraction of sp³-hybridized carbons (Fsp3) is 0.167. The topological polar surface area (TPSA) is 23.8 Å². The van der Waals surface area contributed by atoms with Crippen LogP contribution in [0.4, 0.5) is 4.39 Å². The van der Waals surface area contributed by atoms with Crippen molar-refractivity contribution in [3.05, 3.63) is 22.1 Å². The number of hydrogen-bond donors (Lipinski definition) is 0. The van der Waals surface area contributed by atoms with Crippen LogP contribution in [0.15, 0.2) is 11.4 Å². The second-order valence-corrected chi connectivity index (χ2v) is 2.53. The molecule has 0 unspecified atom stereocenters. The van der Waals surface area contributed by atoms with Gasteiger partial charge in [-0.15, -0.1) is 11.3 Å². The molecule has 1 aromatic heterocycles. The van der Waals surface area contributed by atoms with Crippen molar-refractivity contribution in [2.45, 2.75) is 6.42 Å². The monoisotopic (exact) mass is 141 g/mol. The van der Waals surface area contributed by atoms with Crippen LogP contribution in [0.25, 0.3) is 0 Å². The second-order valence-electron chi connectivity index (χ2n) is 1.53. The third kappa shape index (κ3) is 1.27. The van der Waals surface area contributed by atoms with Crippen LogP contribution in [-0.2, 0) is 6.42 Å². The lowest BCUT2D eigenvalue weighted by Crippen LogP contribution is -1.76. The summed E-state index contributed by atoms with van der Waals surface area (Å²) in [5, 5.41) is 9.79. The Hall–Kier alpha value is -0.880. The van der Waals surface area contributed by atoms with Crippen LogP contribution in [0.5, 0.6) is 0 Å². The molecular weight excluding hydrogens is 137 g/mol. The third-order valence-electron chi connectivity index (χ3n) is 0.931. The Balaban J connectivity index is 2.84. The summed E-state index contributed by atoms with van der Waals surface area (Å²) in [5.74, 6) is -0.262. The molecule has 0 fully saturated rings.